The molecular weight excluding hydrogens is 851 g/mol. The van der Waals surface area contributed by atoms with E-state index in [0.717, 1.165) is 16.0 Å². The number of ketones is 1. The molecule has 7 amide bonds. The molecule has 0 bridgehead atoms. The van der Waals surface area contributed by atoms with Crippen LogP contribution < -0.4 is 36.3 Å². The molecule has 4 heterocycles. The number of imidazole rings is 1. The van der Waals surface area contributed by atoms with Gasteiger partial charge in [-0.15, -0.1) is 11.3 Å². The van der Waals surface area contributed by atoms with Crippen molar-refractivity contribution in [2.24, 2.45) is 17.6 Å². The number of imide groups is 1. The van der Waals surface area contributed by atoms with E-state index < -0.39 is 18.0 Å². The number of amides is 7. The van der Waals surface area contributed by atoms with Crippen molar-refractivity contribution in [1.82, 2.24) is 24.9 Å². The average molecular weight is 905 g/mol. The Bertz CT molecular complexity index is 2540. The number of hydrogen-bond acceptors (Lipinski definition) is 10. The van der Waals surface area contributed by atoms with E-state index in [1.54, 1.807) is 31.4 Å². The van der Waals surface area contributed by atoms with E-state index in [2.05, 4.69) is 21.3 Å². The molecule has 340 valence electrons. The molecule has 2 aromatic carbocycles. The zero-order chi connectivity index (χ0) is 46.5. The second-order valence-electron chi connectivity index (χ2n) is 16.0. The first-order valence-electron chi connectivity index (χ1n) is 21.5. The minimum absolute atomic E-state index is 0.135. The highest BCUT2D eigenvalue weighted by Gasteiger charge is 2.30. The summed E-state index contributed by atoms with van der Waals surface area (Å²) in [6, 6.07) is 16.9. The van der Waals surface area contributed by atoms with Crippen LogP contribution in [-0.4, -0.2) is 81.9 Å². The van der Waals surface area contributed by atoms with Crippen LogP contribution in [0.15, 0.2) is 96.8 Å². The number of unbranched alkanes of at least 4 members (excludes halogenated alkanes) is 2. The number of carbonyl (C=O) groups excluding carboxylic acids is 7. The third-order valence-electron chi connectivity index (χ3n) is 10.9. The van der Waals surface area contributed by atoms with Gasteiger partial charge in [0.2, 0.25) is 11.8 Å². The van der Waals surface area contributed by atoms with Crippen LogP contribution in [-0.2, 0) is 30.5 Å². The van der Waals surface area contributed by atoms with Crippen molar-refractivity contribution in [3.63, 3.8) is 0 Å². The van der Waals surface area contributed by atoms with Gasteiger partial charge in [-0.25, -0.2) is 13.8 Å². The highest BCUT2D eigenvalue weighted by Crippen LogP contribution is 2.31. The summed E-state index contributed by atoms with van der Waals surface area (Å²) in [7, 11) is 1.55. The Morgan fingerprint density at radius 1 is 0.923 bits per heavy atom. The number of nitrogens with zero attached hydrogens (tertiary/aromatic N) is 4. The molecule has 65 heavy (non-hydrogen) atoms. The van der Waals surface area contributed by atoms with Gasteiger partial charge in [-0.05, 0) is 78.9 Å². The number of anilines is 2. The number of rotatable bonds is 23. The van der Waals surface area contributed by atoms with Gasteiger partial charge in [0.05, 0.1) is 42.7 Å². The lowest BCUT2D eigenvalue weighted by Crippen LogP contribution is -2.45. The molecule has 1 aliphatic rings. The Morgan fingerprint density at radius 3 is 2.38 bits per heavy atom. The van der Waals surface area contributed by atoms with E-state index in [9.17, 15) is 33.6 Å². The summed E-state index contributed by atoms with van der Waals surface area (Å²) >= 11 is 1.35. The lowest BCUT2D eigenvalue weighted by Gasteiger charge is -2.24. The van der Waals surface area contributed by atoms with E-state index in [1.807, 2.05) is 83.2 Å². The topological polar surface area (TPSA) is 227 Å². The smallest absolute Gasteiger partial charge is 0.404 e. The number of fused-ring (bicyclic) bond motifs is 1. The van der Waals surface area contributed by atoms with Gasteiger partial charge in [0.1, 0.15) is 11.9 Å². The predicted molar refractivity (Wildman–Crippen MR) is 245 cm³/mol. The molecule has 0 spiro atoms. The maximum Gasteiger partial charge on any atom is 0.404 e. The molecular formula is C47H54N9O8S+. The zero-order valence-corrected chi connectivity index (χ0v) is 37.4. The third kappa shape index (κ3) is 12.9. The number of aromatic nitrogens is 3. The number of nitrogens with two attached hydrogens (primary N) is 1. The first-order valence-corrected chi connectivity index (χ1v) is 22.4. The highest BCUT2D eigenvalue weighted by molar-refractivity contribution is 7.12. The van der Waals surface area contributed by atoms with E-state index in [1.165, 1.54) is 23.5 Å². The minimum Gasteiger partial charge on any atom is -0.495 e. The Morgan fingerprint density at radius 2 is 1.69 bits per heavy atom. The lowest BCUT2D eigenvalue weighted by atomic mass is 9.89. The SMILES string of the molecule is COc1ccc(-c2cn3ccc[n+](Cc4ccc(NC(=O)[C@H](CCCNC(N)=O)CC(=O)[C@@H](NC(=O)CCCCCN5C(=O)C=CC5=O)C(C)C)cc4)c3n2)cc1NC(=O)c1cccs1. The van der Waals surface area contributed by atoms with Crippen molar-refractivity contribution in [2.75, 3.05) is 30.8 Å². The van der Waals surface area contributed by atoms with Gasteiger partial charge in [-0.3, -0.25) is 33.7 Å². The number of thiophene rings is 1. The molecule has 5 aromatic rings. The molecule has 1 aliphatic heterocycles. The summed E-state index contributed by atoms with van der Waals surface area (Å²) in [5.74, 6) is -1.68. The monoisotopic (exact) mass is 904 g/mol. The Kier molecular flexibility index (Phi) is 16.3. The first kappa shape index (κ1) is 47.3. The normalized spacial score (nSPS) is 13.2. The van der Waals surface area contributed by atoms with Gasteiger partial charge in [-0.1, -0.05) is 43.5 Å². The van der Waals surface area contributed by atoms with Gasteiger partial charge < -0.3 is 31.7 Å². The van der Waals surface area contributed by atoms with E-state index in [0.29, 0.717) is 65.7 Å². The van der Waals surface area contributed by atoms with E-state index >= 15 is 0 Å². The van der Waals surface area contributed by atoms with Gasteiger partial charge in [-0.2, -0.15) is 0 Å². The summed E-state index contributed by atoms with van der Waals surface area (Å²) in [5.41, 5.74) is 8.70. The zero-order valence-electron chi connectivity index (χ0n) is 36.6. The Balaban J connectivity index is 1.07. The standard InChI is InChI=1S/C47H53N9O8S/c1-30(2)43(53-40(58)12-5-4-6-24-56-41(59)19-20-42(56)60)37(57)27-33(10-7-21-49-46(48)63)44(61)50-34-16-13-31(14-17-34)28-54-22-9-23-55-29-36(52-47(54)55)32-15-18-38(64-3)35(26-32)51-45(62)39-11-8-25-65-39/h8-9,11,13-20,22-23,25-26,29-30,33,43H,4-7,10,12,21,24,27-28H2,1-3H3,(H5-,48,49,50,51,53,58,61,62,63)/p+1/t33-,43+/m1/s1. The average Bonchev–Trinajstić information content (AvgIpc) is 4.06. The van der Waals surface area contributed by atoms with Crippen LogP contribution >= 0.6 is 11.3 Å². The summed E-state index contributed by atoms with van der Waals surface area (Å²) < 4.78 is 9.43. The lowest BCUT2D eigenvalue weighted by molar-refractivity contribution is -0.667. The Hall–Kier alpha value is -7.21. The fourth-order valence-corrected chi connectivity index (χ4v) is 8.08. The van der Waals surface area contributed by atoms with Crippen LogP contribution in [0.4, 0.5) is 16.2 Å². The molecule has 6 rings (SSSR count). The molecule has 3 aromatic heterocycles. The van der Waals surface area contributed by atoms with Crippen LogP contribution in [0.2, 0.25) is 0 Å². The number of methoxy groups -OCH3 is 1. The predicted octanol–water partition coefficient (Wildman–Crippen LogP) is 5.25. The van der Waals surface area contributed by atoms with Gasteiger partial charge in [0, 0.05) is 61.3 Å². The van der Waals surface area contributed by atoms with Crippen molar-refractivity contribution in [3.8, 4) is 17.0 Å². The van der Waals surface area contributed by atoms with Crippen molar-refractivity contribution in [3.05, 3.63) is 107 Å². The van der Waals surface area contributed by atoms with E-state index in [4.69, 9.17) is 15.5 Å². The van der Waals surface area contributed by atoms with E-state index in [-0.39, 0.29) is 73.6 Å². The van der Waals surface area contributed by atoms with Crippen LogP contribution in [0.3, 0.4) is 0 Å². The number of ether oxygens (including phenoxy) is 1. The summed E-state index contributed by atoms with van der Waals surface area (Å²) in [6.45, 7) is 4.61. The molecule has 0 radical (unpaired) electrons. The number of Topliss-reactive ketones (excluding diaryl/α,β-unsaturated/α-hetero) is 1. The number of carbonyl (C=O) groups is 7. The largest absolute Gasteiger partial charge is 0.495 e. The van der Waals surface area contributed by atoms with Crippen molar-refractivity contribution in [2.45, 2.75) is 71.4 Å². The summed E-state index contributed by atoms with van der Waals surface area (Å²) in [4.78, 5) is 94.8. The van der Waals surface area contributed by atoms with Gasteiger partial charge in [0.25, 0.3) is 17.7 Å². The molecule has 0 unspecified atom stereocenters. The minimum atomic E-state index is -0.822. The van der Waals surface area contributed by atoms with Crippen LogP contribution in [0.25, 0.3) is 17.0 Å². The van der Waals surface area contributed by atoms with Crippen molar-refractivity contribution in [1.29, 1.82) is 0 Å². The molecule has 0 fully saturated rings. The molecule has 0 saturated heterocycles. The fraction of sp³-hybridized carbons (Fsp3) is 0.340. The quantitative estimate of drug-likeness (QED) is 0.0327. The number of benzene rings is 2. The number of primary amides is 1. The van der Waals surface area contributed by atoms with Crippen LogP contribution in [0.5, 0.6) is 5.75 Å². The van der Waals surface area contributed by atoms with Crippen LogP contribution in [0.1, 0.15) is 74.0 Å². The maximum absolute atomic E-state index is 13.8. The van der Waals surface area contributed by atoms with Crippen molar-refractivity contribution < 1.29 is 42.9 Å². The fourth-order valence-electron chi connectivity index (χ4n) is 7.47. The first-order chi connectivity index (χ1) is 31.3. The molecule has 18 heteroatoms. The molecule has 0 saturated carbocycles. The second-order valence-corrected chi connectivity index (χ2v) is 17.0. The summed E-state index contributed by atoms with van der Waals surface area (Å²) in [6.07, 6.45) is 10.6. The van der Waals surface area contributed by atoms with Crippen molar-refractivity contribution >= 4 is 69.8 Å². The molecule has 6 N–H and O–H groups in total. The highest BCUT2D eigenvalue weighted by atomic mass is 32.1. The Labute approximate surface area is 380 Å². The summed E-state index contributed by atoms with van der Waals surface area (Å²) in [5, 5.41) is 13.1. The number of hydrogen-bond donors (Lipinski definition) is 5. The maximum atomic E-state index is 13.8. The molecule has 0 aliphatic carbocycles. The molecule has 17 nitrogen and oxygen atoms in total. The van der Waals surface area contributed by atoms with Crippen LogP contribution in [0, 0.1) is 11.8 Å². The van der Waals surface area contributed by atoms with Gasteiger partial charge >= 0.3 is 11.8 Å². The second kappa shape index (κ2) is 22.4. The van der Waals surface area contributed by atoms with Gasteiger partial charge in [0.15, 0.2) is 11.5 Å². The third-order valence-corrected chi connectivity index (χ3v) is 11.8. The number of nitrogens with one attached hydrogen (secondary N) is 4. The molecule has 2 atom stereocenters. The number of urea groups is 1.